The van der Waals surface area contributed by atoms with Crippen LogP contribution in [-0.4, -0.2) is 5.11 Å². The minimum Gasteiger partial charge on any atom is -0.508 e. The van der Waals surface area contributed by atoms with Crippen LogP contribution in [0.1, 0.15) is 11.1 Å². The van der Waals surface area contributed by atoms with E-state index in [-0.39, 0.29) is 0 Å². The Morgan fingerprint density at radius 3 is 2.25 bits per heavy atom. The number of hydrogen-bond acceptors (Lipinski definition) is 1. The second kappa shape index (κ2) is 4.99. The van der Waals surface area contributed by atoms with Crippen LogP contribution in [0.4, 0.5) is 0 Å². The summed E-state index contributed by atoms with van der Waals surface area (Å²) in [6.45, 7) is 0. The average Bonchev–Trinajstić information content (AvgIpc) is 2.28. The van der Waals surface area contributed by atoms with Gasteiger partial charge in [0, 0.05) is 4.47 Å². The number of phenols is 1. The van der Waals surface area contributed by atoms with Crippen molar-refractivity contribution in [1.29, 1.82) is 0 Å². The summed E-state index contributed by atoms with van der Waals surface area (Å²) in [7, 11) is 0. The van der Waals surface area contributed by atoms with Crippen LogP contribution in [0.3, 0.4) is 0 Å². The summed E-state index contributed by atoms with van der Waals surface area (Å²) in [5, 5.41) is 9.15. The SMILES string of the molecule is Oc1ccc(/C=C/c2cccc(Br)c2)cc1. The molecule has 0 bridgehead atoms. The van der Waals surface area contributed by atoms with Gasteiger partial charge in [-0.3, -0.25) is 0 Å². The summed E-state index contributed by atoms with van der Waals surface area (Å²) in [6.07, 6.45) is 4.05. The molecule has 0 atom stereocenters. The molecular weight excluding hydrogens is 264 g/mol. The Morgan fingerprint density at radius 1 is 0.875 bits per heavy atom. The largest absolute Gasteiger partial charge is 0.508 e. The van der Waals surface area contributed by atoms with Gasteiger partial charge in [-0.15, -0.1) is 0 Å². The molecule has 1 nitrogen and oxygen atoms in total. The first-order valence-corrected chi connectivity index (χ1v) is 5.76. The van der Waals surface area contributed by atoms with E-state index in [0.717, 1.165) is 15.6 Å². The number of rotatable bonds is 2. The molecule has 0 saturated carbocycles. The average molecular weight is 275 g/mol. The Bertz CT molecular complexity index is 500. The maximum absolute atomic E-state index is 9.15. The summed E-state index contributed by atoms with van der Waals surface area (Å²) < 4.78 is 1.07. The van der Waals surface area contributed by atoms with Gasteiger partial charge in [0.2, 0.25) is 0 Å². The van der Waals surface area contributed by atoms with Crippen molar-refractivity contribution in [2.45, 2.75) is 0 Å². The van der Waals surface area contributed by atoms with Gasteiger partial charge in [0.1, 0.15) is 5.75 Å². The van der Waals surface area contributed by atoms with Crippen molar-refractivity contribution in [3.63, 3.8) is 0 Å². The number of aromatic hydroxyl groups is 1. The van der Waals surface area contributed by atoms with Gasteiger partial charge >= 0.3 is 0 Å². The maximum Gasteiger partial charge on any atom is 0.115 e. The Hall–Kier alpha value is -1.54. The van der Waals surface area contributed by atoms with Crippen molar-refractivity contribution in [1.82, 2.24) is 0 Å². The van der Waals surface area contributed by atoms with Crippen LogP contribution < -0.4 is 0 Å². The van der Waals surface area contributed by atoms with E-state index in [1.165, 1.54) is 0 Å². The van der Waals surface area contributed by atoms with Gasteiger partial charge < -0.3 is 5.11 Å². The molecule has 0 saturated heterocycles. The fourth-order valence-electron chi connectivity index (χ4n) is 1.39. The van der Waals surface area contributed by atoms with Crippen molar-refractivity contribution in [3.8, 4) is 5.75 Å². The first-order valence-electron chi connectivity index (χ1n) is 4.97. The maximum atomic E-state index is 9.15. The van der Waals surface area contributed by atoms with Gasteiger partial charge in [0.05, 0.1) is 0 Å². The minimum atomic E-state index is 0.291. The van der Waals surface area contributed by atoms with Crippen molar-refractivity contribution in [3.05, 3.63) is 64.1 Å². The summed E-state index contributed by atoms with van der Waals surface area (Å²) in [5.41, 5.74) is 2.21. The van der Waals surface area contributed by atoms with Crippen molar-refractivity contribution in [2.24, 2.45) is 0 Å². The van der Waals surface area contributed by atoms with Crippen molar-refractivity contribution in [2.75, 3.05) is 0 Å². The first kappa shape index (κ1) is 11.0. The van der Waals surface area contributed by atoms with E-state index < -0.39 is 0 Å². The predicted octanol–water partition coefficient (Wildman–Crippen LogP) is 4.33. The molecule has 0 fully saturated rings. The first-order chi connectivity index (χ1) is 7.74. The van der Waals surface area contributed by atoms with E-state index in [1.807, 2.05) is 42.5 Å². The van der Waals surface area contributed by atoms with E-state index in [9.17, 15) is 0 Å². The fraction of sp³-hybridized carbons (Fsp3) is 0. The minimum absolute atomic E-state index is 0.291. The highest BCUT2D eigenvalue weighted by Gasteiger charge is 1.90. The summed E-state index contributed by atoms with van der Waals surface area (Å²) >= 11 is 3.43. The molecule has 2 aromatic carbocycles. The third-order valence-electron chi connectivity index (χ3n) is 2.21. The molecule has 2 aromatic rings. The molecule has 0 aliphatic carbocycles. The van der Waals surface area contributed by atoms with Gasteiger partial charge in [0.15, 0.2) is 0 Å². The third-order valence-corrected chi connectivity index (χ3v) is 2.70. The monoisotopic (exact) mass is 274 g/mol. The molecule has 80 valence electrons. The highest BCUT2D eigenvalue weighted by Crippen LogP contribution is 2.15. The molecule has 0 aromatic heterocycles. The Morgan fingerprint density at radius 2 is 1.56 bits per heavy atom. The standard InChI is InChI=1S/C14H11BrO/c15-13-3-1-2-12(10-13)5-4-11-6-8-14(16)9-7-11/h1-10,16H/b5-4+. The molecule has 0 heterocycles. The lowest BCUT2D eigenvalue weighted by atomic mass is 10.1. The second-order valence-electron chi connectivity index (χ2n) is 3.48. The van der Waals surface area contributed by atoms with Gasteiger partial charge in [-0.25, -0.2) is 0 Å². The van der Waals surface area contributed by atoms with Crippen LogP contribution in [0.15, 0.2) is 53.0 Å². The third kappa shape index (κ3) is 2.97. The summed E-state index contributed by atoms with van der Waals surface area (Å²) in [4.78, 5) is 0. The molecule has 2 rings (SSSR count). The number of hydrogen-bond donors (Lipinski definition) is 1. The van der Waals surface area contributed by atoms with Gasteiger partial charge in [0.25, 0.3) is 0 Å². The van der Waals surface area contributed by atoms with E-state index >= 15 is 0 Å². The molecule has 1 N–H and O–H groups in total. The van der Waals surface area contributed by atoms with Crippen LogP contribution in [0, 0.1) is 0 Å². The van der Waals surface area contributed by atoms with E-state index in [1.54, 1.807) is 12.1 Å². The normalized spacial score (nSPS) is 10.8. The van der Waals surface area contributed by atoms with Crippen LogP contribution >= 0.6 is 15.9 Å². The van der Waals surface area contributed by atoms with Crippen molar-refractivity contribution >= 4 is 28.1 Å². The van der Waals surface area contributed by atoms with Crippen LogP contribution in [-0.2, 0) is 0 Å². The zero-order valence-electron chi connectivity index (χ0n) is 8.60. The predicted molar refractivity (Wildman–Crippen MR) is 71.2 cm³/mol. The van der Waals surface area contributed by atoms with Crippen LogP contribution in [0.2, 0.25) is 0 Å². The molecule has 2 heteroatoms. The second-order valence-corrected chi connectivity index (χ2v) is 4.40. The lowest BCUT2D eigenvalue weighted by Crippen LogP contribution is -1.73. The summed E-state index contributed by atoms with van der Waals surface area (Å²) in [6, 6.07) is 15.2. The molecule has 16 heavy (non-hydrogen) atoms. The molecule has 0 spiro atoms. The van der Waals surface area contributed by atoms with E-state index in [0.29, 0.717) is 5.75 Å². The Labute approximate surface area is 103 Å². The van der Waals surface area contributed by atoms with Gasteiger partial charge in [-0.1, -0.05) is 52.3 Å². The van der Waals surface area contributed by atoms with Gasteiger partial charge in [-0.05, 0) is 35.4 Å². The fourth-order valence-corrected chi connectivity index (χ4v) is 1.81. The quantitative estimate of drug-likeness (QED) is 0.809. The molecular formula is C14H11BrO. The lowest BCUT2D eigenvalue weighted by Gasteiger charge is -1.96. The Kier molecular flexibility index (Phi) is 3.42. The van der Waals surface area contributed by atoms with E-state index in [2.05, 4.69) is 22.0 Å². The zero-order valence-corrected chi connectivity index (χ0v) is 10.2. The number of halogens is 1. The molecule has 0 radical (unpaired) electrons. The molecule has 0 aliphatic heterocycles. The zero-order chi connectivity index (χ0) is 11.4. The number of benzene rings is 2. The smallest absolute Gasteiger partial charge is 0.115 e. The molecule has 0 amide bonds. The van der Waals surface area contributed by atoms with Crippen LogP contribution in [0.25, 0.3) is 12.2 Å². The highest BCUT2D eigenvalue weighted by atomic mass is 79.9. The number of phenolic OH excluding ortho intramolecular Hbond substituents is 1. The van der Waals surface area contributed by atoms with Crippen LogP contribution in [0.5, 0.6) is 5.75 Å². The van der Waals surface area contributed by atoms with Crippen molar-refractivity contribution < 1.29 is 5.11 Å². The topological polar surface area (TPSA) is 20.2 Å². The highest BCUT2D eigenvalue weighted by molar-refractivity contribution is 9.10. The van der Waals surface area contributed by atoms with E-state index in [4.69, 9.17) is 5.11 Å². The summed E-state index contributed by atoms with van der Waals surface area (Å²) in [5.74, 6) is 0.291. The Balaban J connectivity index is 2.18. The molecule has 0 aliphatic rings. The van der Waals surface area contributed by atoms with Gasteiger partial charge in [-0.2, -0.15) is 0 Å². The lowest BCUT2D eigenvalue weighted by molar-refractivity contribution is 0.475. The molecule has 0 unspecified atom stereocenters.